The highest BCUT2D eigenvalue weighted by Gasteiger charge is 2.38. The Morgan fingerprint density at radius 1 is 1.15 bits per heavy atom. The van der Waals surface area contributed by atoms with Crippen molar-refractivity contribution in [3.05, 3.63) is 36.3 Å². The fourth-order valence-electron chi connectivity index (χ4n) is 2.46. The van der Waals surface area contributed by atoms with Gasteiger partial charge in [-0.25, -0.2) is 27.7 Å². The largest absolute Gasteiger partial charge is 0.490 e. The molecule has 2 aromatic heterocycles. The first-order valence-electron chi connectivity index (χ1n) is 8.68. The zero-order valence-electron chi connectivity index (χ0n) is 16.5. The number of nitrogen functional groups attached to an aromatic ring is 1. The van der Waals surface area contributed by atoms with Gasteiger partial charge in [0, 0.05) is 5.56 Å². The minimum atomic E-state index is -5.08. The highest BCUT2D eigenvalue weighted by atomic mass is 32.2. The lowest BCUT2D eigenvalue weighted by Gasteiger charge is -2.11. The van der Waals surface area contributed by atoms with E-state index in [9.17, 15) is 34.8 Å². The van der Waals surface area contributed by atoms with Crippen LogP contribution in [0.5, 0.6) is 0 Å². The van der Waals surface area contributed by atoms with Gasteiger partial charge in [-0.1, -0.05) is 6.07 Å². The Morgan fingerprint density at radius 2 is 1.76 bits per heavy atom. The number of halogens is 6. The minimum absolute atomic E-state index is 0.151. The van der Waals surface area contributed by atoms with Gasteiger partial charge >= 0.3 is 18.3 Å². The average Bonchev–Trinajstić information content (AvgIpc) is 3.11. The molecule has 0 spiro atoms. The van der Waals surface area contributed by atoms with Crippen molar-refractivity contribution in [3.8, 4) is 11.3 Å². The number of carboxylic acid groups (broad SMARTS) is 1. The van der Waals surface area contributed by atoms with Crippen molar-refractivity contribution in [2.24, 2.45) is 0 Å². The molecule has 9 nitrogen and oxygen atoms in total. The molecule has 0 bridgehead atoms. The number of rotatable bonds is 4. The van der Waals surface area contributed by atoms with Gasteiger partial charge < -0.3 is 10.8 Å². The smallest absolute Gasteiger partial charge is 0.475 e. The number of sulfone groups is 1. The van der Waals surface area contributed by atoms with E-state index < -0.39 is 40.3 Å². The number of aliphatic carboxylic acids is 1. The van der Waals surface area contributed by atoms with Crippen LogP contribution in [0.3, 0.4) is 0 Å². The van der Waals surface area contributed by atoms with Gasteiger partial charge in [0.15, 0.2) is 21.3 Å². The van der Waals surface area contributed by atoms with Crippen LogP contribution in [-0.4, -0.2) is 57.2 Å². The lowest BCUT2D eigenvalue weighted by atomic mass is 10.1. The number of hydrogen-bond donors (Lipinski definition) is 2. The van der Waals surface area contributed by atoms with Crippen LogP contribution in [0.25, 0.3) is 16.9 Å². The summed E-state index contributed by atoms with van der Waals surface area (Å²) in [7, 11) is -4.09. The topological polar surface area (TPSA) is 141 Å². The van der Waals surface area contributed by atoms with Crippen molar-refractivity contribution in [1.82, 2.24) is 19.6 Å². The van der Waals surface area contributed by atoms with Gasteiger partial charge in [-0.05, 0) is 24.6 Å². The fourth-order valence-corrected chi connectivity index (χ4v) is 3.77. The standard InChI is InChI=1S/C15H14F3N5O2S.C2HF3O2/c1-9-2-3-10(26(24,25)5-4-15(16,17)18)6-11(9)12-7-20-14-13(19)21-8-22-23(12)14;3-2(4,5)1(6)7/h2-3,6-8H,4-5H2,1H3,(H2,19,21,22);(H,6,7). The molecule has 0 saturated carbocycles. The van der Waals surface area contributed by atoms with Crippen molar-refractivity contribution < 1.29 is 44.7 Å². The first-order chi connectivity index (χ1) is 15.0. The Labute approximate surface area is 181 Å². The third kappa shape index (κ3) is 6.53. The number of nitrogens with zero attached hydrogens (tertiary/aromatic N) is 4. The molecule has 33 heavy (non-hydrogen) atoms. The van der Waals surface area contributed by atoms with Gasteiger partial charge in [0.25, 0.3) is 0 Å². The molecular weight excluding hydrogens is 484 g/mol. The monoisotopic (exact) mass is 499 g/mol. The van der Waals surface area contributed by atoms with Crippen molar-refractivity contribution in [3.63, 3.8) is 0 Å². The molecule has 1 aromatic carbocycles. The number of carbonyl (C=O) groups is 1. The molecule has 0 fully saturated rings. The second kappa shape index (κ2) is 9.21. The number of aromatic nitrogens is 4. The van der Waals surface area contributed by atoms with E-state index in [-0.39, 0.29) is 10.7 Å². The van der Waals surface area contributed by atoms with Gasteiger partial charge in [-0.3, -0.25) is 0 Å². The van der Waals surface area contributed by atoms with Gasteiger partial charge in [-0.15, -0.1) is 0 Å². The van der Waals surface area contributed by atoms with Crippen LogP contribution in [0, 0.1) is 6.92 Å². The lowest BCUT2D eigenvalue weighted by Crippen LogP contribution is -2.21. The minimum Gasteiger partial charge on any atom is -0.475 e. The Morgan fingerprint density at radius 3 is 2.30 bits per heavy atom. The lowest BCUT2D eigenvalue weighted by molar-refractivity contribution is -0.192. The molecule has 3 aromatic rings. The van der Waals surface area contributed by atoms with Crippen LogP contribution in [0.4, 0.5) is 32.2 Å². The molecular formula is C17H15F6N5O4S. The Kier molecular flexibility index (Phi) is 7.20. The summed E-state index contributed by atoms with van der Waals surface area (Å²) in [4.78, 5) is 16.6. The van der Waals surface area contributed by atoms with E-state index in [4.69, 9.17) is 15.6 Å². The normalized spacial score (nSPS) is 12.3. The van der Waals surface area contributed by atoms with E-state index >= 15 is 0 Å². The highest BCUT2D eigenvalue weighted by molar-refractivity contribution is 7.91. The van der Waals surface area contributed by atoms with Crippen LogP contribution >= 0.6 is 0 Å². The van der Waals surface area contributed by atoms with Crippen molar-refractivity contribution >= 4 is 27.3 Å². The van der Waals surface area contributed by atoms with Crippen LogP contribution in [0.2, 0.25) is 0 Å². The number of carboxylic acids is 1. The quantitative estimate of drug-likeness (QED) is 0.522. The van der Waals surface area contributed by atoms with E-state index in [1.165, 1.54) is 35.2 Å². The molecule has 0 aliphatic heterocycles. The number of anilines is 1. The summed E-state index contributed by atoms with van der Waals surface area (Å²) in [6, 6.07) is 4.14. The summed E-state index contributed by atoms with van der Waals surface area (Å²) in [5.41, 5.74) is 7.67. The van der Waals surface area contributed by atoms with Gasteiger partial charge in [0.05, 0.1) is 29.0 Å². The molecule has 180 valence electrons. The van der Waals surface area contributed by atoms with Gasteiger partial charge in [0.2, 0.25) is 0 Å². The van der Waals surface area contributed by atoms with Crippen LogP contribution in [0.1, 0.15) is 12.0 Å². The molecule has 16 heteroatoms. The number of fused-ring (bicyclic) bond motifs is 1. The molecule has 0 saturated heterocycles. The summed E-state index contributed by atoms with van der Waals surface area (Å²) >= 11 is 0. The van der Waals surface area contributed by atoms with Gasteiger partial charge in [0.1, 0.15) is 6.33 Å². The number of aryl methyl sites for hydroxylation is 1. The molecule has 0 aliphatic carbocycles. The highest BCUT2D eigenvalue weighted by Crippen LogP contribution is 2.29. The maximum absolute atomic E-state index is 12.4. The third-order valence-electron chi connectivity index (χ3n) is 4.07. The SMILES string of the molecule is Cc1ccc(S(=O)(=O)CCC(F)(F)F)cc1-c1cnc2c(N)ncnn12.O=C(O)C(F)(F)F. The molecule has 0 unspecified atom stereocenters. The number of hydrogen-bond acceptors (Lipinski definition) is 7. The molecule has 0 radical (unpaired) electrons. The van der Waals surface area contributed by atoms with E-state index in [0.717, 1.165) is 0 Å². The molecule has 3 N–H and O–H groups in total. The number of nitrogens with two attached hydrogens (primary N) is 1. The Bertz CT molecular complexity index is 1270. The maximum Gasteiger partial charge on any atom is 0.490 e. The van der Waals surface area contributed by atoms with E-state index in [1.807, 2.05) is 0 Å². The average molecular weight is 499 g/mol. The Balaban J connectivity index is 0.000000479. The second-order valence-electron chi connectivity index (χ2n) is 6.49. The number of alkyl halides is 6. The van der Waals surface area contributed by atoms with Crippen molar-refractivity contribution in [2.45, 2.75) is 30.6 Å². The summed E-state index contributed by atoms with van der Waals surface area (Å²) < 4.78 is 94.8. The number of benzene rings is 1. The van der Waals surface area contributed by atoms with E-state index in [1.54, 1.807) is 6.92 Å². The predicted molar refractivity (Wildman–Crippen MR) is 102 cm³/mol. The van der Waals surface area contributed by atoms with Gasteiger partial charge in [-0.2, -0.15) is 31.4 Å². The zero-order valence-corrected chi connectivity index (χ0v) is 17.3. The zero-order chi connectivity index (χ0) is 25.2. The predicted octanol–water partition coefficient (Wildman–Crippen LogP) is 3.04. The maximum atomic E-state index is 12.4. The van der Waals surface area contributed by atoms with Crippen LogP contribution in [0.15, 0.2) is 35.6 Å². The summed E-state index contributed by atoms with van der Waals surface area (Å²) in [6.07, 6.45) is -8.35. The van der Waals surface area contributed by atoms with Crippen molar-refractivity contribution in [2.75, 3.05) is 11.5 Å². The molecule has 0 aliphatic rings. The van der Waals surface area contributed by atoms with E-state index in [2.05, 4.69) is 15.1 Å². The van der Waals surface area contributed by atoms with Crippen LogP contribution < -0.4 is 5.73 Å². The fraction of sp³-hybridized carbons (Fsp3) is 0.294. The summed E-state index contributed by atoms with van der Waals surface area (Å²) in [5, 5.41) is 11.2. The number of imidazole rings is 1. The van der Waals surface area contributed by atoms with Crippen LogP contribution in [-0.2, 0) is 14.6 Å². The molecule has 2 heterocycles. The third-order valence-corrected chi connectivity index (χ3v) is 5.79. The molecule has 0 atom stereocenters. The van der Waals surface area contributed by atoms with E-state index in [0.29, 0.717) is 22.5 Å². The first-order valence-corrected chi connectivity index (χ1v) is 10.3. The Hall–Kier alpha value is -3.43. The second-order valence-corrected chi connectivity index (χ2v) is 8.60. The molecule has 3 rings (SSSR count). The van der Waals surface area contributed by atoms with Crippen molar-refractivity contribution in [1.29, 1.82) is 0 Å². The summed E-state index contributed by atoms with van der Waals surface area (Å²) in [6.45, 7) is 1.74. The molecule has 0 amide bonds. The summed E-state index contributed by atoms with van der Waals surface area (Å²) in [5.74, 6) is -3.62. The first kappa shape index (κ1) is 25.8.